The number of amides is 1. The van der Waals surface area contributed by atoms with Crippen molar-refractivity contribution >= 4 is 23.0 Å². The number of carbonyl (C=O) groups excluding carboxylic acids is 1. The minimum absolute atomic E-state index is 0.00537. The van der Waals surface area contributed by atoms with E-state index in [1.165, 1.54) is 5.56 Å². The summed E-state index contributed by atoms with van der Waals surface area (Å²) in [5, 5.41) is 4.19. The summed E-state index contributed by atoms with van der Waals surface area (Å²) >= 11 is 1.67. The lowest BCUT2D eigenvalue weighted by molar-refractivity contribution is 0.0730. The molecule has 0 radical (unpaired) electrons. The number of rotatable bonds is 2. The molecule has 5 nitrogen and oxygen atoms in total. The van der Waals surface area contributed by atoms with Gasteiger partial charge in [0.25, 0.3) is 5.91 Å². The average Bonchev–Trinajstić information content (AvgIpc) is 3.23. The molecule has 6 heteroatoms. The highest BCUT2D eigenvalue weighted by atomic mass is 32.1. The molecular weight excluding hydrogens is 284 g/mol. The zero-order chi connectivity index (χ0) is 14.2. The van der Waals surface area contributed by atoms with Gasteiger partial charge in [-0.25, -0.2) is 9.97 Å². The van der Waals surface area contributed by atoms with E-state index in [0.717, 1.165) is 19.4 Å². The maximum atomic E-state index is 12.7. The maximum absolute atomic E-state index is 12.7. The molecule has 1 atom stereocenters. The van der Waals surface area contributed by atoms with Crippen LogP contribution in [0.5, 0.6) is 0 Å². The normalized spacial score (nSPS) is 18.5. The number of aromatic nitrogens is 3. The van der Waals surface area contributed by atoms with Crippen LogP contribution in [0.15, 0.2) is 41.5 Å². The molecule has 0 aliphatic carbocycles. The number of fused-ring (bicyclic) bond motifs is 1. The standard InChI is InChI=1S/C15H14N4OS/c20-14(12-9-18-6-2-5-16-15(18)17-12)19-7-1-3-13(19)11-4-8-21-10-11/h2,4-6,8-10,13H,1,3,7H2/t13-/m1/s1. The Morgan fingerprint density at radius 1 is 1.43 bits per heavy atom. The Balaban J connectivity index is 1.67. The number of hydrogen-bond donors (Lipinski definition) is 0. The largest absolute Gasteiger partial charge is 0.330 e. The molecule has 1 aliphatic heterocycles. The SMILES string of the molecule is O=C(c1cn2cccnc2n1)N1CCC[C@@H]1c1ccsc1. The van der Waals surface area contributed by atoms with Gasteiger partial charge in [-0.2, -0.15) is 11.3 Å². The number of thiophene rings is 1. The average molecular weight is 298 g/mol. The Labute approximate surface area is 125 Å². The molecule has 1 amide bonds. The van der Waals surface area contributed by atoms with Crippen LogP contribution in [0.4, 0.5) is 0 Å². The van der Waals surface area contributed by atoms with Gasteiger partial charge in [-0.05, 0) is 41.3 Å². The van der Waals surface area contributed by atoms with Crippen molar-refractivity contribution in [2.24, 2.45) is 0 Å². The van der Waals surface area contributed by atoms with Crippen molar-refractivity contribution in [1.82, 2.24) is 19.3 Å². The third-order valence-corrected chi connectivity index (χ3v) is 4.60. The quantitative estimate of drug-likeness (QED) is 0.731. The number of hydrogen-bond acceptors (Lipinski definition) is 4. The second kappa shape index (κ2) is 4.96. The second-order valence-electron chi connectivity index (χ2n) is 5.17. The zero-order valence-corrected chi connectivity index (χ0v) is 12.2. The van der Waals surface area contributed by atoms with Crippen molar-refractivity contribution in [3.63, 3.8) is 0 Å². The third kappa shape index (κ3) is 2.12. The van der Waals surface area contributed by atoms with E-state index in [-0.39, 0.29) is 11.9 Å². The van der Waals surface area contributed by atoms with Crippen LogP contribution in [0, 0.1) is 0 Å². The molecule has 1 fully saturated rings. The van der Waals surface area contributed by atoms with Crippen LogP contribution in [0.1, 0.15) is 34.9 Å². The topological polar surface area (TPSA) is 50.5 Å². The van der Waals surface area contributed by atoms with Crippen LogP contribution in [0.25, 0.3) is 5.78 Å². The molecule has 0 N–H and O–H groups in total. The number of likely N-dealkylation sites (tertiary alicyclic amines) is 1. The van der Waals surface area contributed by atoms with Crippen molar-refractivity contribution in [3.8, 4) is 0 Å². The molecule has 3 aromatic rings. The number of imidazole rings is 1. The van der Waals surface area contributed by atoms with E-state index in [9.17, 15) is 4.79 Å². The predicted octanol–water partition coefficient (Wildman–Crippen LogP) is 2.77. The van der Waals surface area contributed by atoms with E-state index in [4.69, 9.17) is 0 Å². The first kappa shape index (κ1) is 12.5. The summed E-state index contributed by atoms with van der Waals surface area (Å²) < 4.78 is 1.78. The van der Waals surface area contributed by atoms with Gasteiger partial charge in [0, 0.05) is 25.1 Å². The summed E-state index contributed by atoms with van der Waals surface area (Å²) in [5.74, 6) is 0.557. The third-order valence-electron chi connectivity index (χ3n) is 3.90. The molecule has 0 spiro atoms. The predicted molar refractivity (Wildman–Crippen MR) is 80.3 cm³/mol. The van der Waals surface area contributed by atoms with Crippen molar-refractivity contribution in [2.75, 3.05) is 6.54 Å². The molecule has 3 aromatic heterocycles. The number of carbonyl (C=O) groups is 1. The van der Waals surface area contributed by atoms with E-state index in [1.807, 2.05) is 17.2 Å². The Morgan fingerprint density at radius 2 is 2.38 bits per heavy atom. The molecule has 21 heavy (non-hydrogen) atoms. The summed E-state index contributed by atoms with van der Waals surface area (Å²) in [7, 11) is 0. The lowest BCUT2D eigenvalue weighted by atomic mass is 10.1. The summed E-state index contributed by atoms with van der Waals surface area (Å²) in [5.41, 5.74) is 1.70. The lowest BCUT2D eigenvalue weighted by Crippen LogP contribution is -2.30. The fraction of sp³-hybridized carbons (Fsp3) is 0.267. The molecule has 106 valence electrons. The first-order valence-corrected chi connectivity index (χ1v) is 7.90. The van der Waals surface area contributed by atoms with Crippen LogP contribution < -0.4 is 0 Å². The Hall–Kier alpha value is -2.21. The van der Waals surface area contributed by atoms with E-state index in [2.05, 4.69) is 26.8 Å². The van der Waals surface area contributed by atoms with E-state index in [0.29, 0.717) is 11.5 Å². The molecule has 4 heterocycles. The van der Waals surface area contributed by atoms with Crippen LogP contribution in [0.3, 0.4) is 0 Å². The van der Waals surface area contributed by atoms with E-state index >= 15 is 0 Å². The fourth-order valence-corrected chi connectivity index (χ4v) is 3.61. The van der Waals surface area contributed by atoms with Gasteiger partial charge in [-0.15, -0.1) is 0 Å². The van der Waals surface area contributed by atoms with Crippen LogP contribution in [-0.2, 0) is 0 Å². The summed E-state index contributed by atoms with van der Waals surface area (Å²) in [6.45, 7) is 0.792. The first-order chi connectivity index (χ1) is 10.3. The van der Waals surface area contributed by atoms with Crippen molar-refractivity contribution in [1.29, 1.82) is 0 Å². The Bertz CT molecular complexity index is 747. The highest BCUT2D eigenvalue weighted by molar-refractivity contribution is 7.07. The molecule has 0 aromatic carbocycles. The van der Waals surface area contributed by atoms with Gasteiger partial charge in [-0.3, -0.25) is 9.20 Å². The first-order valence-electron chi connectivity index (χ1n) is 6.96. The summed E-state index contributed by atoms with van der Waals surface area (Å²) in [6, 6.07) is 4.11. The van der Waals surface area contributed by atoms with Gasteiger partial charge in [0.05, 0.1) is 6.04 Å². The molecule has 1 saturated heterocycles. The smallest absolute Gasteiger partial charge is 0.274 e. The molecule has 0 unspecified atom stereocenters. The molecule has 1 aliphatic rings. The van der Waals surface area contributed by atoms with Crippen molar-refractivity contribution in [3.05, 3.63) is 52.7 Å². The van der Waals surface area contributed by atoms with Gasteiger partial charge in [0.1, 0.15) is 5.69 Å². The minimum atomic E-state index is -0.00537. The van der Waals surface area contributed by atoms with Crippen molar-refractivity contribution in [2.45, 2.75) is 18.9 Å². The maximum Gasteiger partial charge on any atom is 0.274 e. The second-order valence-corrected chi connectivity index (χ2v) is 5.95. The monoisotopic (exact) mass is 298 g/mol. The lowest BCUT2D eigenvalue weighted by Gasteiger charge is -2.23. The highest BCUT2D eigenvalue weighted by Gasteiger charge is 2.31. The minimum Gasteiger partial charge on any atom is -0.330 e. The summed E-state index contributed by atoms with van der Waals surface area (Å²) in [4.78, 5) is 23.2. The highest BCUT2D eigenvalue weighted by Crippen LogP contribution is 2.33. The Kier molecular flexibility index (Phi) is 2.96. The summed E-state index contributed by atoms with van der Waals surface area (Å²) in [6.07, 6.45) is 7.35. The molecule has 0 bridgehead atoms. The van der Waals surface area contributed by atoms with Gasteiger partial charge in [-0.1, -0.05) is 0 Å². The Morgan fingerprint density at radius 3 is 3.19 bits per heavy atom. The fourth-order valence-electron chi connectivity index (χ4n) is 2.90. The van der Waals surface area contributed by atoms with E-state index < -0.39 is 0 Å². The van der Waals surface area contributed by atoms with Crippen LogP contribution in [0.2, 0.25) is 0 Å². The number of nitrogens with zero attached hydrogens (tertiary/aromatic N) is 4. The van der Waals surface area contributed by atoms with Crippen LogP contribution in [-0.4, -0.2) is 31.7 Å². The van der Waals surface area contributed by atoms with Gasteiger partial charge >= 0.3 is 0 Å². The van der Waals surface area contributed by atoms with Gasteiger partial charge < -0.3 is 4.90 Å². The zero-order valence-electron chi connectivity index (χ0n) is 11.3. The molecule has 4 rings (SSSR count). The van der Waals surface area contributed by atoms with E-state index in [1.54, 1.807) is 28.1 Å². The van der Waals surface area contributed by atoms with Crippen molar-refractivity contribution < 1.29 is 4.79 Å². The van der Waals surface area contributed by atoms with Gasteiger partial charge in [0.15, 0.2) is 0 Å². The van der Waals surface area contributed by atoms with Crippen LogP contribution >= 0.6 is 11.3 Å². The molecule has 0 saturated carbocycles. The molecular formula is C15H14N4OS. The van der Waals surface area contributed by atoms with Gasteiger partial charge in [0.2, 0.25) is 5.78 Å².